The fraction of sp³-hybridized carbons (Fsp3) is 0.278. The molecule has 2 aromatic rings. The molecule has 4 nitrogen and oxygen atoms in total. The van der Waals surface area contributed by atoms with Gasteiger partial charge in [-0.3, -0.25) is 4.79 Å². The third kappa shape index (κ3) is 4.25. The number of rotatable bonds is 5. The molecule has 0 saturated carbocycles. The number of benzene rings is 2. The number of nitrogen functional groups attached to an aromatic ring is 1. The van der Waals surface area contributed by atoms with Gasteiger partial charge in [0.15, 0.2) is 0 Å². The topological polar surface area (TPSA) is 64.3 Å². The van der Waals surface area contributed by atoms with Crippen LogP contribution in [0.25, 0.3) is 0 Å². The number of carbonyl (C=O) groups excluding carboxylic acids is 1. The Morgan fingerprint density at radius 1 is 1.09 bits per heavy atom. The van der Waals surface area contributed by atoms with Crippen LogP contribution in [0.1, 0.15) is 23.1 Å². The fourth-order valence-electron chi connectivity index (χ4n) is 2.16. The first-order valence-electron chi connectivity index (χ1n) is 7.32. The van der Waals surface area contributed by atoms with Gasteiger partial charge >= 0.3 is 0 Å². The fourth-order valence-corrected chi connectivity index (χ4v) is 2.16. The summed E-state index contributed by atoms with van der Waals surface area (Å²) >= 11 is 0. The van der Waals surface area contributed by atoms with E-state index in [9.17, 15) is 4.79 Å². The van der Waals surface area contributed by atoms with Gasteiger partial charge in [-0.2, -0.15) is 0 Å². The summed E-state index contributed by atoms with van der Waals surface area (Å²) in [7, 11) is 0. The predicted molar refractivity (Wildman–Crippen MR) is 90.2 cm³/mol. The molecule has 0 saturated heterocycles. The van der Waals surface area contributed by atoms with Gasteiger partial charge in [0.05, 0.1) is 13.0 Å². The van der Waals surface area contributed by atoms with Gasteiger partial charge in [0, 0.05) is 11.4 Å². The van der Waals surface area contributed by atoms with Crippen molar-refractivity contribution in [2.45, 2.75) is 27.2 Å². The molecule has 0 fully saturated rings. The summed E-state index contributed by atoms with van der Waals surface area (Å²) in [5, 5.41) is 2.88. The number of hydrogen-bond donors (Lipinski definition) is 2. The molecule has 4 heteroatoms. The van der Waals surface area contributed by atoms with Crippen LogP contribution in [0, 0.1) is 20.8 Å². The zero-order chi connectivity index (χ0) is 16.1. The summed E-state index contributed by atoms with van der Waals surface area (Å²) in [6.07, 6.45) is 0.303. The van der Waals surface area contributed by atoms with Gasteiger partial charge in [-0.1, -0.05) is 12.1 Å². The van der Waals surface area contributed by atoms with Crippen molar-refractivity contribution in [1.82, 2.24) is 0 Å². The Morgan fingerprint density at radius 3 is 2.59 bits per heavy atom. The van der Waals surface area contributed by atoms with Gasteiger partial charge in [-0.15, -0.1) is 0 Å². The van der Waals surface area contributed by atoms with Crippen LogP contribution in [0.15, 0.2) is 36.4 Å². The second-order valence-electron chi connectivity index (χ2n) is 5.49. The van der Waals surface area contributed by atoms with Crippen molar-refractivity contribution in [3.8, 4) is 5.75 Å². The Bertz CT molecular complexity index is 681. The first-order chi connectivity index (χ1) is 10.5. The summed E-state index contributed by atoms with van der Waals surface area (Å²) in [6.45, 7) is 6.28. The van der Waals surface area contributed by atoms with Crippen LogP contribution in [0.3, 0.4) is 0 Å². The maximum absolute atomic E-state index is 12.0. The van der Waals surface area contributed by atoms with E-state index >= 15 is 0 Å². The standard InChI is InChI=1S/C18H22N2O2/c1-12-4-5-13(2)17(10-12)22-9-8-18(21)20-16-7-6-15(19)11-14(16)3/h4-7,10-11H,8-9,19H2,1-3H3,(H,20,21). The van der Waals surface area contributed by atoms with Gasteiger partial charge in [0.1, 0.15) is 5.75 Å². The van der Waals surface area contributed by atoms with E-state index in [0.29, 0.717) is 18.7 Å². The minimum absolute atomic E-state index is 0.0711. The highest BCUT2D eigenvalue weighted by molar-refractivity contribution is 5.91. The van der Waals surface area contributed by atoms with Gasteiger partial charge in [-0.05, 0) is 61.7 Å². The molecule has 0 aliphatic carbocycles. The van der Waals surface area contributed by atoms with E-state index < -0.39 is 0 Å². The lowest BCUT2D eigenvalue weighted by molar-refractivity contribution is -0.116. The third-order valence-corrected chi connectivity index (χ3v) is 3.45. The molecule has 0 radical (unpaired) electrons. The van der Waals surface area contributed by atoms with Crippen molar-refractivity contribution >= 4 is 17.3 Å². The normalized spacial score (nSPS) is 10.3. The molecule has 0 bridgehead atoms. The number of ether oxygens (including phenoxy) is 1. The van der Waals surface area contributed by atoms with Crippen molar-refractivity contribution in [2.24, 2.45) is 0 Å². The Hall–Kier alpha value is -2.49. The smallest absolute Gasteiger partial charge is 0.227 e. The monoisotopic (exact) mass is 298 g/mol. The van der Waals surface area contributed by atoms with Crippen LogP contribution < -0.4 is 15.8 Å². The zero-order valence-electron chi connectivity index (χ0n) is 13.3. The van der Waals surface area contributed by atoms with Crippen molar-refractivity contribution in [3.63, 3.8) is 0 Å². The Balaban J connectivity index is 1.86. The highest BCUT2D eigenvalue weighted by Crippen LogP contribution is 2.20. The molecule has 0 heterocycles. The number of hydrogen-bond acceptors (Lipinski definition) is 3. The molecule has 0 aliphatic heterocycles. The van der Waals surface area contributed by atoms with Crippen molar-refractivity contribution < 1.29 is 9.53 Å². The predicted octanol–water partition coefficient (Wildman–Crippen LogP) is 3.60. The van der Waals surface area contributed by atoms with Crippen LogP contribution in [0.2, 0.25) is 0 Å². The molecule has 2 rings (SSSR count). The minimum atomic E-state index is -0.0711. The number of anilines is 2. The number of aryl methyl sites for hydroxylation is 3. The largest absolute Gasteiger partial charge is 0.493 e. The number of carbonyl (C=O) groups is 1. The van der Waals surface area contributed by atoms with Crippen LogP contribution in [0.5, 0.6) is 5.75 Å². The Morgan fingerprint density at radius 2 is 1.86 bits per heavy atom. The second kappa shape index (κ2) is 6.98. The average Bonchev–Trinajstić information content (AvgIpc) is 2.46. The summed E-state index contributed by atoms with van der Waals surface area (Å²) in [4.78, 5) is 12.0. The zero-order valence-corrected chi connectivity index (χ0v) is 13.3. The van der Waals surface area contributed by atoms with Crippen molar-refractivity contribution in [1.29, 1.82) is 0 Å². The van der Waals surface area contributed by atoms with Gasteiger partial charge < -0.3 is 15.8 Å². The maximum Gasteiger partial charge on any atom is 0.227 e. The summed E-state index contributed by atoms with van der Waals surface area (Å²) in [5.41, 5.74) is 10.3. The van der Waals surface area contributed by atoms with Gasteiger partial charge in [-0.25, -0.2) is 0 Å². The molecule has 1 amide bonds. The number of nitrogens with two attached hydrogens (primary N) is 1. The highest BCUT2D eigenvalue weighted by atomic mass is 16.5. The first kappa shape index (κ1) is 15.9. The quantitative estimate of drug-likeness (QED) is 0.829. The molecular formula is C18H22N2O2. The SMILES string of the molecule is Cc1ccc(C)c(OCCC(=O)Nc2ccc(N)cc2C)c1. The van der Waals surface area contributed by atoms with Crippen LogP contribution in [-0.2, 0) is 4.79 Å². The molecule has 0 spiro atoms. The van der Waals surface area contributed by atoms with E-state index in [4.69, 9.17) is 10.5 Å². The molecule has 3 N–H and O–H groups in total. The lowest BCUT2D eigenvalue weighted by Gasteiger charge is -2.11. The molecule has 0 atom stereocenters. The molecular weight excluding hydrogens is 276 g/mol. The maximum atomic E-state index is 12.0. The van der Waals surface area contributed by atoms with E-state index in [2.05, 4.69) is 5.32 Å². The van der Waals surface area contributed by atoms with E-state index in [-0.39, 0.29) is 5.91 Å². The number of amides is 1. The van der Waals surface area contributed by atoms with E-state index in [1.54, 1.807) is 6.07 Å². The molecule has 0 aliphatic rings. The summed E-state index contributed by atoms with van der Waals surface area (Å²) < 4.78 is 5.69. The third-order valence-electron chi connectivity index (χ3n) is 3.45. The van der Waals surface area contributed by atoms with Crippen molar-refractivity contribution in [3.05, 3.63) is 53.1 Å². The average molecular weight is 298 g/mol. The molecule has 0 aromatic heterocycles. The molecule has 0 unspecified atom stereocenters. The molecule has 22 heavy (non-hydrogen) atoms. The van der Waals surface area contributed by atoms with E-state index in [0.717, 1.165) is 28.1 Å². The Kier molecular flexibility index (Phi) is 5.04. The van der Waals surface area contributed by atoms with Crippen LogP contribution in [-0.4, -0.2) is 12.5 Å². The minimum Gasteiger partial charge on any atom is -0.493 e. The van der Waals surface area contributed by atoms with E-state index in [1.165, 1.54) is 0 Å². The van der Waals surface area contributed by atoms with Crippen molar-refractivity contribution in [2.75, 3.05) is 17.7 Å². The lowest BCUT2D eigenvalue weighted by Crippen LogP contribution is -2.16. The first-order valence-corrected chi connectivity index (χ1v) is 7.32. The van der Waals surface area contributed by atoms with Gasteiger partial charge in [0.25, 0.3) is 0 Å². The number of nitrogens with one attached hydrogen (secondary N) is 1. The Labute approximate surface area is 131 Å². The summed E-state index contributed by atoms with van der Waals surface area (Å²) in [6, 6.07) is 11.5. The lowest BCUT2D eigenvalue weighted by atomic mass is 10.1. The molecule has 2 aromatic carbocycles. The molecule has 116 valence electrons. The van der Waals surface area contributed by atoms with Gasteiger partial charge in [0.2, 0.25) is 5.91 Å². The van der Waals surface area contributed by atoms with Crippen LogP contribution >= 0.6 is 0 Å². The van der Waals surface area contributed by atoms with Crippen LogP contribution in [0.4, 0.5) is 11.4 Å². The second-order valence-corrected chi connectivity index (χ2v) is 5.49. The van der Waals surface area contributed by atoms with E-state index in [1.807, 2.05) is 51.1 Å². The highest BCUT2D eigenvalue weighted by Gasteiger charge is 2.06. The summed E-state index contributed by atoms with van der Waals surface area (Å²) in [5.74, 6) is 0.759.